The maximum absolute atomic E-state index is 9.89. The number of hydrogen-bond acceptors (Lipinski definition) is 1. The summed E-state index contributed by atoms with van der Waals surface area (Å²) in [4.78, 5) is 0. The smallest absolute Gasteiger partial charge is 0.0887 e. The molecule has 1 nitrogen and oxygen atoms in total. The molecule has 0 amide bonds. The summed E-state index contributed by atoms with van der Waals surface area (Å²) in [5.41, 5.74) is 0.375. The molecule has 0 aromatic carbocycles. The van der Waals surface area contributed by atoms with Crippen molar-refractivity contribution in [3.8, 4) is 0 Å². The van der Waals surface area contributed by atoms with Crippen molar-refractivity contribution in [2.45, 2.75) is 33.3 Å². The van der Waals surface area contributed by atoms with Gasteiger partial charge >= 0.3 is 0 Å². The normalized spacial score (nSPS) is 35.2. The van der Waals surface area contributed by atoms with Crippen LogP contribution in [0.4, 0.5) is 0 Å². The average molecular weight is 152 g/mol. The predicted molar refractivity (Wildman–Crippen MR) is 47.3 cm³/mol. The standard InChI is InChI=1S/C10H16O/c1-8-5-6-10(4,11)9(2,3)7-8/h5-7,11H,1-4H3. The van der Waals surface area contributed by atoms with Gasteiger partial charge in [-0.3, -0.25) is 0 Å². The van der Waals surface area contributed by atoms with Gasteiger partial charge in [-0.15, -0.1) is 0 Å². The highest BCUT2D eigenvalue weighted by atomic mass is 16.3. The second-order valence-electron chi connectivity index (χ2n) is 4.09. The molecule has 1 heteroatoms. The van der Waals surface area contributed by atoms with E-state index in [9.17, 15) is 5.11 Å². The van der Waals surface area contributed by atoms with Crippen LogP contribution in [0.25, 0.3) is 0 Å². The highest BCUT2D eigenvalue weighted by molar-refractivity contribution is 5.30. The molecule has 0 heterocycles. The van der Waals surface area contributed by atoms with Crippen molar-refractivity contribution < 1.29 is 5.11 Å². The zero-order chi connectivity index (χ0) is 8.70. The van der Waals surface area contributed by atoms with E-state index >= 15 is 0 Å². The Morgan fingerprint density at radius 1 is 1.27 bits per heavy atom. The maximum Gasteiger partial charge on any atom is 0.0887 e. The Kier molecular flexibility index (Phi) is 1.72. The fourth-order valence-electron chi connectivity index (χ4n) is 1.27. The summed E-state index contributed by atoms with van der Waals surface area (Å²) < 4.78 is 0. The molecule has 1 atom stereocenters. The van der Waals surface area contributed by atoms with Gasteiger partial charge in [-0.1, -0.05) is 37.6 Å². The zero-order valence-corrected chi connectivity index (χ0v) is 7.68. The minimum absolute atomic E-state index is 0.147. The van der Waals surface area contributed by atoms with Gasteiger partial charge in [-0.25, -0.2) is 0 Å². The van der Waals surface area contributed by atoms with E-state index in [1.165, 1.54) is 5.57 Å². The summed E-state index contributed by atoms with van der Waals surface area (Å²) in [5, 5.41) is 9.89. The minimum Gasteiger partial charge on any atom is -0.385 e. The first-order chi connectivity index (χ1) is 4.85. The van der Waals surface area contributed by atoms with E-state index in [2.05, 4.69) is 6.08 Å². The van der Waals surface area contributed by atoms with Crippen LogP contribution in [0, 0.1) is 5.41 Å². The molecule has 0 saturated heterocycles. The van der Waals surface area contributed by atoms with Crippen molar-refractivity contribution in [3.05, 3.63) is 23.8 Å². The molecule has 0 spiro atoms. The molecule has 1 rings (SSSR count). The van der Waals surface area contributed by atoms with E-state index in [4.69, 9.17) is 0 Å². The van der Waals surface area contributed by atoms with Crippen LogP contribution >= 0.6 is 0 Å². The second kappa shape index (κ2) is 2.21. The topological polar surface area (TPSA) is 20.2 Å². The summed E-state index contributed by atoms with van der Waals surface area (Å²) >= 11 is 0. The van der Waals surface area contributed by atoms with Gasteiger partial charge in [0.1, 0.15) is 0 Å². The third kappa shape index (κ3) is 1.38. The van der Waals surface area contributed by atoms with Gasteiger partial charge in [0.05, 0.1) is 5.60 Å². The fraction of sp³-hybridized carbons (Fsp3) is 0.600. The first-order valence-corrected chi connectivity index (χ1v) is 3.96. The molecule has 0 saturated carbocycles. The zero-order valence-electron chi connectivity index (χ0n) is 7.68. The molecule has 1 N–H and O–H groups in total. The van der Waals surface area contributed by atoms with Crippen molar-refractivity contribution in [3.63, 3.8) is 0 Å². The Morgan fingerprint density at radius 2 is 1.82 bits per heavy atom. The quantitative estimate of drug-likeness (QED) is 0.564. The number of allylic oxidation sites excluding steroid dienone is 2. The van der Waals surface area contributed by atoms with Crippen LogP contribution in [-0.4, -0.2) is 10.7 Å². The third-order valence-corrected chi connectivity index (χ3v) is 2.56. The van der Waals surface area contributed by atoms with Crippen LogP contribution in [0.15, 0.2) is 23.8 Å². The molecule has 62 valence electrons. The Bertz CT molecular complexity index is 219. The molecule has 0 fully saturated rings. The van der Waals surface area contributed by atoms with E-state index in [0.717, 1.165) is 0 Å². The fourth-order valence-corrected chi connectivity index (χ4v) is 1.27. The number of rotatable bonds is 0. The monoisotopic (exact) mass is 152 g/mol. The molecular weight excluding hydrogens is 136 g/mol. The van der Waals surface area contributed by atoms with Crippen LogP contribution < -0.4 is 0 Å². The molecule has 1 aliphatic rings. The lowest BCUT2D eigenvalue weighted by molar-refractivity contribution is 0.0187. The minimum atomic E-state index is -0.702. The van der Waals surface area contributed by atoms with Crippen molar-refractivity contribution >= 4 is 0 Å². The lowest BCUT2D eigenvalue weighted by atomic mass is 9.72. The SMILES string of the molecule is CC1=CC(C)(C)C(C)(O)C=C1. The second-order valence-corrected chi connectivity index (χ2v) is 4.09. The lowest BCUT2D eigenvalue weighted by Gasteiger charge is -2.38. The molecule has 0 bridgehead atoms. The van der Waals surface area contributed by atoms with E-state index in [1.807, 2.05) is 39.8 Å². The third-order valence-electron chi connectivity index (χ3n) is 2.56. The van der Waals surface area contributed by atoms with Crippen molar-refractivity contribution in [2.75, 3.05) is 0 Å². The van der Waals surface area contributed by atoms with Crippen molar-refractivity contribution in [1.29, 1.82) is 0 Å². The number of hydrogen-bond donors (Lipinski definition) is 1. The van der Waals surface area contributed by atoms with Gasteiger partial charge < -0.3 is 5.11 Å². The number of aliphatic hydroxyl groups is 1. The van der Waals surface area contributed by atoms with Crippen molar-refractivity contribution in [1.82, 2.24) is 0 Å². The van der Waals surface area contributed by atoms with Crippen molar-refractivity contribution in [2.24, 2.45) is 5.41 Å². The van der Waals surface area contributed by atoms with Gasteiger partial charge in [-0.2, -0.15) is 0 Å². The van der Waals surface area contributed by atoms with Crippen LogP contribution in [0.5, 0.6) is 0 Å². The van der Waals surface area contributed by atoms with E-state index < -0.39 is 5.60 Å². The highest BCUT2D eigenvalue weighted by Gasteiger charge is 2.36. The molecule has 0 aromatic rings. The lowest BCUT2D eigenvalue weighted by Crippen LogP contribution is -2.40. The Morgan fingerprint density at radius 3 is 2.18 bits per heavy atom. The van der Waals surface area contributed by atoms with Gasteiger partial charge in [0.15, 0.2) is 0 Å². The predicted octanol–water partition coefficient (Wildman–Crippen LogP) is 2.28. The maximum atomic E-state index is 9.89. The van der Waals surface area contributed by atoms with Gasteiger partial charge in [0, 0.05) is 5.41 Å². The molecular formula is C10H16O. The van der Waals surface area contributed by atoms with Crippen LogP contribution in [0.2, 0.25) is 0 Å². The first-order valence-electron chi connectivity index (χ1n) is 3.96. The first kappa shape index (κ1) is 8.54. The van der Waals surface area contributed by atoms with E-state index in [0.29, 0.717) is 0 Å². The molecule has 0 aliphatic heterocycles. The van der Waals surface area contributed by atoms with E-state index in [-0.39, 0.29) is 5.41 Å². The summed E-state index contributed by atoms with van der Waals surface area (Å²) in [6.45, 7) is 7.97. The Balaban J connectivity index is 3.04. The highest BCUT2D eigenvalue weighted by Crippen LogP contribution is 2.37. The van der Waals surface area contributed by atoms with Crippen LogP contribution in [-0.2, 0) is 0 Å². The van der Waals surface area contributed by atoms with E-state index in [1.54, 1.807) is 0 Å². The Hall–Kier alpha value is -0.560. The molecule has 0 radical (unpaired) electrons. The van der Waals surface area contributed by atoms with Gasteiger partial charge in [-0.05, 0) is 13.8 Å². The molecule has 1 aliphatic carbocycles. The summed E-state index contributed by atoms with van der Waals surface area (Å²) in [5.74, 6) is 0. The average Bonchev–Trinajstić information content (AvgIpc) is 1.80. The molecule has 11 heavy (non-hydrogen) atoms. The Labute approximate surface area is 68.4 Å². The summed E-state index contributed by atoms with van der Waals surface area (Å²) in [6, 6.07) is 0. The summed E-state index contributed by atoms with van der Waals surface area (Å²) in [6.07, 6.45) is 5.93. The van der Waals surface area contributed by atoms with Gasteiger partial charge in [0.2, 0.25) is 0 Å². The van der Waals surface area contributed by atoms with Crippen LogP contribution in [0.3, 0.4) is 0 Å². The molecule has 1 unspecified atom stereocenters. The van der Waals surface area contributed by atoms with Crippen LogP contribution in [0.1, 0.15) is 27.7 Å². The molecule has 0 aromatic heterocycles. The largest absolute Gasteiger partial charge is 0.385 e. The summed E-state index contributed by atoms with van der Waals surface area (Å²) in [7, 11) is 0. The van der Waals surface area contributed by atoms with Gasteiger partial charge in [0.25, 0.3) is 0 Å².